The average Bonchev–Trinajstić information content (AvgIpc) is 3.03. The third-order valence-corrected chi connectivity index (χ3v) is 10.2. The summed E-state index contributed by atoms with van der Waals surface area (Å²) in [6, 6.07) is 15.8. The molecule has 0 radical (unpaired) electrons. The van der Waals surface area contributed by atoms with E-state index in [9.17, 15) is 18.0 Å². The van der Waals surface area contributed by atoms with E-state index in [1.54, 1.807) is 30.3 Å². The third-order valence-electron chi connectivity index (χ3n) is 8.38. The fourth-order valence-electron chi connectivity index (χ4n) is 5.71. The highest BCUT2D eigenvalue weighted by Crippen LogP contribution is 2.29. The number of nitrogens with one attached hydrogen (secondary N) is 2. The van der Waals surface area contributed by atoms with Crippen LogP contribution >= 0.6 is 0 Å². The number of nitrogens with zero attached hydrogens (tertiary/aromatic N) is 2. The number of sulfonamides is 1. The van der Waals surface area contributed by atoms with Gasteiger partial charge in [-0.1, -0.05) is 30.3 Å². The molecule has 2 amide bonds. The first kappa shape index (κ1) is 30.9. The van der Waals surface area contributed by atoms with Crippen molar-refractivity contribution in [2.45, 2.75) is 49.5 Å². The number of carbonyl (C=O) groups excluding carboxylic acids is 2. The number of pyridine rings is 1. The first-order valence-corrected chi connectivity index (χ1v) is 16.4. The lowest BCUT2D eigenvalue weighted by atomic mass is 9.82. The molecule has 0 atom stereocenters. The van der Waals surface area contributed by atoms with Gasteiger partial charge in [0.15, 0.2) is 0 Å². The van der Waals surface area contributed by atoms with Gasteiger partial charge in [-0.05, 0) is 61.8 Å². The molecule has 10 nitrogen and oxygen atoms in total. The lowest BCUT2D eigenvalue weighted by molar-refractivity contribution is 0.00123. The van der Waals surface area contributed by atoms with Crippen molar-refractivity contribution in [3.8, 4) is 11.3 Å². The number of para-hydroxylation sites is 1. The smallest absolute Gasteiger partial charge is 0.407 e. The van der Waals surface area contributed by atoms with E-state index >= 15 is 0 Å². The maximum atomic E-state index is 13.5. The van der Waals surface area contributed by atoms with E-state index in [0.29, 0.717) is 54.9 Å². The number of carbonyl (C=O) groups is 2. The molecule has 1 aromatic heterocycles. The summed E-state index contributed by atoms with van der Waals surface area (Å²) in [4.78, 5) is 30.6. The van der Waals surface area contributed by atoms with E-state index in [1.165, 1.54) is 18.4 Å². The van der Waals surface area contributed by atoms with Crippen LogP contribution in [0.4, 0.5) is 4.79 Å². The van der Waals surface area contributed by atoms with E-state index in [0.717, 1.165) is 49.5 Å². The Balaban J connectivity index is 1.17. The van der Waals surface area contributed by atoms with Gasteiger partial charge in [-0.3, -0.25) is 4.79 Å². The molecule has 1 saturated heterocycles. The molecule has 2 aliphatic rings. The summed E-state index contributed by atoms with van der Waals surface area (Å²) in [7, 11) is -0.554. The maximum absolute atomic E-state index is 13.5. The monoisotopic (exact) mass is 608 g/mol. The topological polar surface area (TPSA) is 127 Å². The van der Waals surface area contributed by atoms with Crippen molar-refractivity contribution in [3.05, 3.63) is 60.2 Å². The van der Waals surface area contributed by atoms with Crippen LogP contribution in [0, 0.1) is 11.8 Å². The second-order valence-electron chi connectivity index (χ2n) is 11.6. The molecule has 0 spiro atoms. The van der Waals surface area contributed by atoms with Crippen molar-refractivity contribution in [2.24, 2.45) is 11.8 Å². The predicted octanol–water partition coefficient (Wildman–Crippen LogP) is 4.59. The Bertz CT molecular complexity index is 1530. The van der Waals surface area contributed by atoms with Gasteiger partial charge < -0.3 is 20.1 Å². The molecule has 1 aliphatic heterocycles. The van der Waals surface area contributed by atoms with Crippen molar-refractivity contribution >= 4 is 32.9 Å². The third kappa shape index (κ3) is 7.70. The molecule has 5 rings (SSSR count). The quantitative estimate of drug-likeness (QED) is 0.364. The first-order chi connectivity index (χ1) is 20.7. The lowest BCUT2D eigenvalue weighted by Crippen LogP contribution is -2.37. The van der Waals surface area contributed by atoms with Gasteiger partial charge >= 0.3 is 6.09 Å². The second kappa shape index (κ2) is 13.8. The van der Waals surface area contributed by atoms with Gasteiger partial charge in [0.25, 0.3) is 5.91 Å². The molecule has 2 fully saturated rings. The van der Waals surface area contributed by atoms with Crippen LogP contribution < -0.4 is 10.6 Å². The van der Waals surface area contributed by atoms with Gasteiger partial charge in [-0.15, -0.1) is 0 Å². The van der Waals surface area contributed by atoms with Crippen molar-refractivity contribution in [3.63, 3.8) is 0 Å². The summed E-state index contributed by atoms with van der Waals surface area (Å²) >= 11 is 0. The molecule has 11 heteroatoms. The number of hydrogen-bond donors (Lipinski definition) is 2. The van der Waals surface area contributed by atoms with Gasteiger partial charge in [0, 0.05) is 51.0 Å². The van der Waals surface area contributed by atoms with Gasteiger partial charge in [-0.2, -0.15) is 0 Å². The van der Waals surface area contributed by atoms with E-state index in [4.69, 9.17) is 14.5 Å². The van der Waals surface area contributed by atoms with E-state index in [2.05, 4.69) is 10.6 Å². The van der Waals surface area contributed by atoms with Crippen LogP contribution in [0.1, 0.15) is 48.9 Å². The Morgan fingerprint density at radius 1 is 0.907 bits per heavy atom. The highest BCUT2D eigenvalue weighted by molar-refractivity contribution is 7.89. The molecule has 230 valence electrons. The minimum atomic E-state index is -3.55. The van der Waals surface area contributed by atoms with Gasteiger partial charge in [0.1, 0.15) is 6.10 Å². The van der Waals surface area contributed by atoms with Crippen molar-refractivity contribution < 1.29 is 27.5 Å². The Hall–Kier alpha value is -3.54. The summed E-state index contributed by atoms with van der Waals surface area (Å²) < 4.78 is 36.9. The average molecular weight is 609 g/mol. The number of ether oxygens (including phenoxy) is 2. The summed E-state index contributed by atoms with van der Waals surface area (Å²) in [5, 5.41) is 6.83. The number of hydrogen-bond acceptors (Lipinski definition) is 7. The molecule has 0 bridgehead atoms. The maximum Gasteiger partial charge on any atom is 0.407 e. The summed E-state index contributed by atoms with van der Waals surface area (Å²) in [5.41, 5.74) is 2.55. The molecule has 1 saturated carbocycles. The predicted molar refractivity (Wildman–Crippen MR) is 164 cm³/mol. The van der Waals surface area contributed by atoms with Crippen LogP contribution in [0.25, 0.3) is 22.2 Å². The Morgan fingerprint density at radius 3 is 2.19 bits per heavy atom. The molecular weight excluding hydrogens is 568 g/mol. The fraction of sp³-hybridized carbons (Fsp3) is 0.469. The van der Waals surface area contributed by atoms with Crippen molar-refractivity contribution in [2.75, 3.05) is 40.4 Å². The number of fused-ring (bicyclic) bond motifs is 1. The fourth-order valence-corrected chi connectivity index (χ4v) is 6.61. The Morgan fingerprint density at radius 2 is 1.53 bits per heavy atom. The number of aromatic nitrogens is 1. The minimum absolute atomic E-state index is 0.0610. The first-order valence-electron chi connectivity index (χ1n) is 14.9. The highest BCUT2D eigenvalue weighted by Gasteiger charge is 2.24. The number of benzene rings is 2. The largest absolute Gasteiger partial charge is 0.446 e. The second-order valence-corrected chi connectivity index (χ2v) is 13.7. The van der Waals surface area contributed by atoms with E-state index in [1.807, 2.05) is 24.3 Å². The molecule has 1 aliphatic carbocycles. The number of amides is 2. The lowest BCUT2D eigenvalue weighted by Gasteiger charge is -2.29. The number of alkyl carbamates (subject to hydrolysis) is 1. The van der Waals surface area contributed by atoms with Crippen LogP contribution in [0.15, 0.2) is 59.5 Å². The summed E-state index contributed by atoms with van der Waals surface area (Å²) in [5.74, 6) is 0.611. The molecule has 2 heterocycles. The van der Waals surface area contributed by atoms with Crippen LogP contribution in [-0.4, -0.2) is 76.2 Å². The zero-order chi connectivity index (χ0) is 30.4. The van der Waals surface area contributed by atoms with Crippen molar-refractivity contribution in [1.29, 1.82) is 0 Å². The van der Waals surface area contributed by atoms with Crippen LogP contribution in [0.3, 0.4) is 0 Å². The SMILES string of the molecule is CN(C)S(=O)(=O)c1ccc(-c2cc(C(=O)NCC3CCC(CNC(=O)OC4CCOCC4)CC3)c3ccccc3n2)cc1. The Labute approximate surface area is 253 Å². The van der Waals surface area contributed by atoms with Gasteiger partial charge in [0.05, 0.1) is 34.9 Å². The number of rotatable bonds is 9. The zero-order valence-electron chi connectivity index (χ0n) is 24.8. The summed E-state index contributed by atoms with van der Waals surface area (Å²) in [6.45, 7) is 2.45. The molecular formula is C32H40N4O6S. The molecule has 43 heavy (non-hydrogen) atoms. The molecule has 2 aromatic carbocycles. The Kier molecular flexibility index (Phi) is 9.94. The normalized spacial score (nSPS) is 19.7. The molecule has 0 unspecified atom stereocenters. The van der Waals surface area contributed by atoms with E-state index < -0.39 is 10.0 Å². The van der Waals surface area contributed by atoms with Crippen LogP contribution in [-0.2, 0) is 19.5 Å². The zero-order valence-corrected chi connectivity index (χ0v) is 25.6. The van der Waals surface area contributed by atoms with Crippen LogP contribution in [0.5, 0.6) is 0 Å². The molecule has 2 N–H and O–H groups in total. The van der Waals surface area contributed by atoms with Crippen molar-refractivity contribution in [1.82, 2.24) is 19.9 Å². The highest BCUT2D eigenvalue weighted by atomic mass is 32.2. The van der Waals surface area contributed by atoms with Crippen LogP contribution in [0.2, 0.25) is 0 Å². The summed E-state index contributed by atoms with van der Waals surface area (Å²) in [6.07, 6.45) is 5.02. The van der Waals surface area contributed by atoms with Gasteiger partial charge in [-0.25, -0.2) is 22.5 Å². The molecule has 3 aromatic rings. The van der Waals surface area contributed by atoms with E-state index in [-0.39, 0.29) is 23.0 Å². The minimum Gasteiger partial charge on any atom is -0.446 e. The van der Waals surface area contributed by atoms with Gasteiger partial charge in [0.2, 0.25) is 10.0 Å². The standard InChI is InChI=1S/C32H40N4O6S/c1-36(2)43(39,40)26-13-11-24(12-14-26)30-19-28(27-5-3-4-6-29(27)35-30)31(37)33-20-22-7-9-23(10-8-22)21-34-32(38)42-25-15-17-41-18-16-25/h3-6,11-14,19,22-23,25H,7-10,15-18,20-21H2,1-2H3,(H,33,37)(H,34,38).